The van der Waals surface area contributed by atoms with Crippen molar-refractivity contribution in [3.05, 3.63) is 82.9 Å². The van der Waals surface area contributed by atoms with Crippen molar-refractivity contribution in [2.45, 2.75) is 12.8 Å². The summed E-state index contributed by atoms with van der Waals surface area (Å²) in [6.07, 6.45) is 3.95. The van der Waals surface area contributed by atoms with Crippen molar-refractivity contribution in [3.8, 4) is 17.0 Å². The van der Waals surface area contributed by atoms with Crippen molar-refractivity contribution in [2.75, 3.05) is 5.32 Å². The van der Waals surface area contributed by atoms with Crippen LogP contribution in [0.4, 0.5) is 5.82 Å². The fourth-order valence-electron chi connectivity index (χ4n) is 2.78. The number of hydrogen-bond acceptors (Lipinski definition) is 4. The molecule has 0 fully saturated rings. The Hall–Kier alpha value is -3.09. The van der Waals surface area contributed by atoms with Crippen molar-refractivity contribution in [1.29, 1.82) is 0 Å². The lowest BCUT2D eigenvalue weighted by Crippen LogP contribution is -2.13. The van der Waals surface area contributed by atoms with Crippen molar-refractivity contribution in [3.63, 3.8) is 0 Å². The smallest absolute Gasteiger partial charge is 0.226 e. The highest BCUT2D eigenvalue weighted by molar-refractivity contribution is 6.36. The molecule has 146 valence electrons. The third-order valence-electron chi connectivity index (χ3n) is 4.19. The number of benzene rings is 2. The Labute approximate surface area is 177 Å². The minimum Gasteiger partial charge on any atom is -0.441 e. The zero-order valence-corrected chi connectivity index (χ0v) is 16.7. The summed E-state index contributed by atoms with van der Waals surface area (Å²) in [5.74, 6) is 1.30. The fraction of sp³-hybridized carbons (Fsp3) is 0.0952. The highest BCUT2D eigenvalue weighted by atomic mass is 35.5. The first kappa shape index (κ1) is 19.2. The van der Waals surface area contributed by atoms with Gasteiger partial charge in [0.1, 0.15) is 0 Å². The first-order chi connectivity index (χ1) is 14.1. The van der Waals surface area contributed by atoms with Gasteiger partial charge in [0, 0.05) is 35.7 Å². The van der Waals surface area contributed by atoms with E-state index >= 15 is 0 Å². The summed E-state index contributed by atoms with van der Waals surface area (Å²) in [6.45, 7) is 0. The second kappa shape index (κ2) is 8.51. The Balaban J connectivity index is 1.35. The monoisotopic (exact) mass is 426 g/mol. The first-order valence-corrected chi connectivity index (χ1v) is 9.65. The van der Waals surface area contributed by atoms with Crippen LogP contribution in [-0.4, -0.2) is 20.7 Å². The predicted molar refractivity (Wildman–Crippen MR) is 112 cm³/mol. The molecule has 0 radical (unpaired) electrons. The summed E-state index contributed by atoms with van der Waals surface area (Å²) in [7, 11) is 0. The number of amides is 1. The summed E-state index contributed by atoms with van der Waals surface area (Å²) in [5, 5.41) is 8.16. The van der Waals surface area contributed by atoms with E-state index in [4.69, 9.17) is 27.6 Å². The molecule has 1 N–H and O–H groups in total. The van der Waals surface area contributed by atoms with Crippen molar-refractivity contribution in [1.82, 2.24) is 14.8 Å². The van der Waals surface area contributed by atoms with E-state index in [0.717, 1.165) is 5.69 Å². The molecular formula is C21H16Cl2N4O2. The lowest BCUT2D eigenvalue weighted by atomic mass is 10.2. The third kappa shape index (κ3) is 4.67. The van der Waals surface area contributed by atoms with Gasteiger partial charge in [-0.1, -0.05) is 41.4 Å². The average Bonchev–Trinajstić information content (AvgIpc) is 3.37. The maximum absolute atomic E-state index is 12.2. The molecule has 0 aliphatic carbocycles. The summed E-state index contributed by atoms with van der Waals surface area (Å²) in [4.78, 5) is 16.5. The van der Waals surface area contributed by atoms with Crippen LogP contribution in [0.1, 0.15) is 12.3 Å². The van der Waals surface area contributed by atoms with Crippen molar-refractivity contribution in [2.24, 2.45) is 0 Å². The second-order valence-corrected chi connectivity index (χ2v) is 7.12. The minimum atomic E-state index is -0.174. The Morgan fingerprint density at radius 1 is 1.10 bits per heavy atom. The normalized spacial score (nSPS) is 10.8. The number of para-hydroxylation sites is 1. The van der Waals surface area contributed by atoms with Gasteiger partial charge in [-0.3, -0.25) is 4.79 Å². The van der Waals surface area contributed by atoms with Crippen LogP contribution in [0.5, 0.6) is 0 Å². The van der Waals surface area contributed by atoms with Crippen LogP contribution in [0, 0.1) is 0 Å². The summed E-state index contributed by atoms with van der Waals surface area (Å²) in [5.41, 5.74) is 1.62. The van der Waals surface area contributed by atoms with Gasteiger partial charge in [0.25, 0.3) is 0 Å². The number of hydrogen-bond donors (Lipinski definition) is 1. The second-order valence-electron chi connectivity index (χ2n) is 6.27. The molecule has 8 heteroatoms. The van der Waals surface area contributed by atoms with Gasteiger partial charge in [-0.25, -0.2) is 9.67 Å². The van der Waals surface area contributed by atoms with E-state index in [1.165, 1.54) is 0 Å². The molecule has 0 bridgehead atoms. The van der Waals surface area contributed by atoms with Gasteiger partial charge in [0.15, 0.2) is 17.5 Å². The highest BCUT2D eigenvalue weighted by Gasteiger charge is 2.12. The third-order valence-corrected chi connectivity index (χ3v) is 4.74. The van der Waals surface area contributed by atoms with Gasteiger partial charge in [-0.05, 0) is 30.3 Å². The van der Waals surface area contributed by atoms with Gasteiger partial charge in [-0.15, -0.1) is 0 Å². The molecule has 0 unspecified atom stereocenters. The van der Waals surface area contributed by atoms with Gasteiger partial charge in [0.05, 0.1) is 16.9 Å². The Kier molecular flexibility index (Phi) is 5.64. The van der Waals surface area contributed by atoms with Gasteiger partial charge < -0.3 is 9.73 Å². The molecule has 0 atom stereocenters. The van der Waals surface area contributed by atoms with E-state index in [1.54, 1.807) is 41.3 Å². The standard InChI is InChI=1S/C21H16Cl2N4O2/c22-14-6-7-16(17(23)12-14)18-13-24-21(29-18)9-8-20(28)25-19-10-11-27(26-19)15-4-2-1-3-5-15/h1-7,10-13H,8-9H2,(H,25,26,28). The van der Waals surface area contributed by atoms with Crippen LogP contribution in [-0.2, 0) is 11.2 Å². The van der Waals surface area contributed by atoms with Crippen LogP contribution in [0.25, 0.3) is 17.0 Å². The van der Waals surface area contributed by atoms with Crippen molar-refractivity contribution >= 4 is 34.9 Å². The number of halogens is 2. The average molecular weight is 427 g/mol. The lowest BCUT2D eigenvalue weighted by molar-refractivity contribution is -0.116. The maximum atomic E-state index is 12.2. The fourth-order valence-corrected chi connectivity index (χ4v) is 3.28. The molecule has 0 aliphatic rings. The molecule has 1 amide bonds. The SMILES string of the molecule is O=C(CCc1ncc(-c2ccc(Cl)cc2Cl)o1)Nc1ccn(-c2ccccc2)n1. The topological polar surface area (TPSA) is 73.0 Å². The number of rotatable bonds is 6. The van der Waals surface area contributed by atoms with Crippen LogP contribution in [0.2, 0.25) is 10.0 Å². The van der Waals surface area contributed by atoms with Crippen LogP contribution in [0.15, 0.2) is 71.4 Å². The number of nitrogens with zero attached hydrogens (tertiary/aromatic N) is 3. The van der Waals surface area contributed by atoms with E-state index in [9.17, 15) is 4.79 Å². The zero-order chi connectivity index (χ0) is 20.2. The van der Waals surface area contributed by atoms with Gasteiger partial charge in [0.2, 0.25) is 5.91 Å². The highest BCUT2D eigenvalue weighted by Crippen LogP contribution is 2.30. The maximum Gasteiger partial charge on any atom is 0.226 e. The zero-order valence-electron chi connectivity index (χ0n) is 15.2. The molecule has 2 aromatic carbocycles. The summed E-state index contributed by atoms with van der Waals surface area (Å²) >= 11 is 12.1. The summed E-state index contributed by atoms with van der Waals surface area (Å²) < 4.78 is 7.41. The Morgan fingerprint density at radius 3 is 2.72 bits per heavy atom. The predicted octanol–water partition coefficient (Wildman–Crippen LogP) is 5.41. The largest absolute Gasteiger partial charge is 0.441 e. The Bertz CT molecular complexity index is 1140. The Morgan fingerprint density at radius 2 is 1.93 bits per heavy atom. The number of aryl methyl sites for hydroxylation is 1. The molecule has 4 aromatic rings. The van der Waals surface area contributed by atoms with E-state index in [0.29, 0.717) is 39.5 Å². The van der Waals surface area contributed by atoms with Crippen molar-refractivity contribution < 1.29 is 9.21 Å². The van der Waals surface area contributed by atoms with Gasteiger partial charge >= 0.3 is 0 Å². The number of oxazole rings is 1. The quantitative estimate of drug-likeness (QED) is 0.447. The van der Waals surface area contributed by atoms with E-state index in [2.05, 4.69) is 15.4 Å². The van der Waals surface area contributed by atoms with Gasteiger partial charge in [-0.2, -0.15) is 5.10 Å². The van der Waals surface area contributed by atoms with Crippen LogP contribution < -0.4 is 5.32 Å². The van der Waals surface area contributed by atoms with E-state index < -0.39 is 0 Å². The molecular weight excluding hydrogens is 411 g/mol. The number of carbonyl (C=O) groups is 1. The molecule has 0 saturated heterocycles. The molecule has 6 nitrogen and oxygen atoms in total. The number of anilines is 1. The molecule has 29 heavy (non-hydrogen) atoms. The molecule has 2 aromatic heterocycles. The van der Waals surface area contributed by atoms with Crippen LogP contribution >= 0.6 is 23.2 Å². The molecule has 0 saturated carbocycles. The molecule has 2 heterocycles. The molecule has 4 rings (SSSR count). The first-order valence-electron chi connectivity index (χ1n) is 8.89. The number of nitrogens with one attached hydrogen (secondary N) is 1. The minimum absolute atomic E-state index is 0.174. The van der Waals surface area contributed by atoms with E-state index in [1.807, 2.05) is 30.3 Å². The lowest BCUT2D eigenvalue weighted by Gasteiger charge is -2.02. The van der Waals surface area contributed by atoms with Crippen LogP contribution in [0.3, 0.4) is 0 Å². The molecule has 0 aliphatic heterocycles. The number of aromatic nitrogens is 3. The summed E-state index contributed by atoms with van der Waals surface area (Å²) in [6, 6.07) is 16.5. The number of carbonyl (C=O) groups excluding carboxylic acids is 1. The van der Waals surface area contributed by atoms with E-state index in [-0.39, 0.29) is 12.3 Å². The molecule has 0 spiro atoms.